The van der Waals surface area contributed by atoms with Gasteiger partial charge in [-0.1, -0.05) is 0 Å². The molecule has 1 fully saturated rings. The van der Waals surface area contributed by atoms with Crippen molar-refractivity contribution >= 4 is 23.4 Å². The van der Waals surface area contributed by atoms with Crippen molar-refractivity contribution in [2.75, 3.05) is 19.0 Å². The molecule has 6 heteroatoms. The SMILES string of the molecule is N#CC1CN1C(=O)CCNC(=O)CCCl. The van der Waals surface area contributed by atoms with E-state index in [1.807, 2.05) is 6.07 Å². The number of amides is 2. The number of hydrogen-bond acceptors (Lipinski definition) is 3. The lowest BCUT2D eigenvalue weighted by Gasteiger charge is -2.03. The van der Waals surface area contributed by atoms with Crippen molar-refractivity contribution in [2.24, 2.45) is 0 Å². The highest BCUT2D eigenvalue weighted by Crippen LogP contribution is 2.16. The van der Waals surface area contributed by atoms with E-state index in [1.165, 1.54) is 4.90 Å². The topological polar surface area (TPSA) is 73.0 Å². The molecule has 0 bridgehead atoms. The van der Waals surface area contributed by atoms with Gasteiger partial charge in [-0.05, 0) is 0 Å². The van der Waals surface area contributed by atoms with Crippen LogP contribution in [0, 0.1) is 11.3 Å². The maximum Gasteiger partial charge on any atom is 0.225 e. The summed E-state index contributed by atoms with van der Waals surface area (Å²) >= 11 is 5.36. The van der Waals surface area contributed by atoms with Crippen molar-refractivity contribution < 1.29 is 9.59 Å². The Kier molecular flexibility index (Phi) is 4.37. The van der Waals surface area contributed by atoms with Gasteiger partial charge in [0, 0.05) is 25.3 Å². The number of alkyl halides is 1. The van der Waals surface area contributed by atoms with Crippen LogP contribution in [-0.4, -0.2) is 41.7 Å². The lowest BCUT2D eigenvalue weighted by Crippen LogP contribution is -2.27. The number of nitrogens with zero attached hydrogens (tertiary/aromatic N) is 2. The van der Waals surface area contributed by atoms with E-state index < -0.39 is 0 Å². The number of halogens is 1. The second-order valence-electron chi connectivity index (χ2n) is 3.23. The van der Waals surface area contributed by atoms with Crippen molar-refractivity contribution in [3.05, 3.63) is 0 Å². The number of hydrogen-bond donors (Lipinski definition) is 1. The van der Waals surface area contributed by atoms with Crippen molar-refractivity contribution in [1.29, 1.82) is 5.26 Å². The van der Waals surface area contributed by atoms with E-state index in [4.69, 9.17) is 16.9 Å². The molecule has 0 aliphatic carbocycles. The highest BCUT2D eigenvalue weighted by molar-refractivity contribution is 6.18. The van der Waals surface area contributed by atoms with Crippen LogP contribution in [0.1, 0.15) is 12.8 Å². The molecule has 0 aromatic rings. The predicted octanol–water partition coefficient (Wildman–Crippen LogP) is -0.144. The van der Waals surface area contributed by atoms with Gasteiger partial charge in [0.2, 0.25) is 11.8 Å². The maximum absolute atomic E-state index is 11.3. The number of carbonyl (C=O) groups excluding carboxylic acids is 2. The van der Waals surface area contributed by atoms with E-state index in [0.717, 1.165) is 0 Å². The largest absolute Gasteiger partial charge is 0.356 e. The number of nitrogens with one attached hydrogen (secondary N) is 1. The minimum absolute atomic E-state index is 0.0901. The first-order valence-electron chi connectivity index (χ1n) is 4.70. The molecule has 1 rings (SSSR count). The summed E-state index contributed by atoms with van der Waals surface area (Å²) in [6.07, 6.45) is 0.506. The molecule has 1 unspecified atom stereocenters. The summed E-state index contributed by atoms with van der Waals surface area (Å²) in [6.45, 7) is 0.828. The van der Waals surface area contributed by atoms with Gasteiger partial charge in [-0.15, -0.1) is 11.6 Å². The van der Waals surface area contributed by atoms with E-state index in [-0.39, 0.29) is 36.6 Å². The molecular formula is C9H12ClN3O2. The third kappa shape index (κ3) is 3.76. The summed E-state index contributed by atoms with van der Waals surface area (Å²) < 4.78 is 0. The second kappa shape index (κ2) is 5.56. The Morgan fingerprint density at radius 1 is 1.53 bits per heavy atom. The Labute approximate surface area is 93.0 Å². The van der Waals surface area contributed by atoms with E-state index in [0.29, 0.717) is 13.1 Å². The monoisotopic (exact) mass is 229 g/mol. The average molecular weight is 230 g/mol. The van der Waals surface area contributed by atoms with Crippen LogP contribution in [-0.2, 0) is 9.59 Å². The zero-order valence-corrected chi connectivity index (χ0v) is 8.96. The highest BCUT2D eigenvalue weighted by Gasteiger charge is 2.37. The van der Waals surface area contributed by atoms with Crippen molar-refractivity contribution in [3.8, 4) is 6.07 Å². The van der Waals surface area contributed by atoms with Crippen LogP contribution in [0.3, 0.4) is 0 Å². The molecule has 0 radical (unpaired) electrons. The van der Waals surface area contributed by atoms with Gasteiger partial charge in [0.15, 0.2) is 0 Å². The van der Waals surface area contributed by atoms with E-state index in [1.54, 1.807) is 0 Å². The van der Waals surface area contributed by atoms with Crippen LogP contribution in [0.25, 0.3) is 0 Å². The van der Waals surface area contributed by atoms with E-state index in [9.17, 15) is 9.59 Å². The summed E-state index contributed by atoms with van der Waals surface area (Å²) in [5.74, 6) is 0.0377. The quantitative estimate of drug-likeness (QED) is 0.527. The molecule has 1 aliphatic rings. The van der Waals surface area contributed by atoms with Crippen molar-refractivity contribution in [2.45, 2.75) is 18.9 Å². The van der Waals surface area contributed by atoms with Gasteiger partial charge in [0.1, 0.15) is 6.04 Å². The van der Waals surface area contributed by atoms with Gasteiger partial charge in [-0.25, -0.2) is 0 Å². The van der Waals surface area contributed by atoms with Crippen LogP contribution >= 0.6 is 11.6 Å². The Hall–Kier alpha value is -1.28. The number of rotatable bonds is 5. The van der Waals surface area contributed by atoms with Crippen molar-refractivity contribution in [1.82, 2.24) is 10.2 Å². The highest BCUT2D eigenvalue weighted by atomic mass is 35.5. The molecule has 1 saturated heterocycles. The van der Waals surface area contributed by atoms with Crippen molar-refractivity contribution in [3.63, 3.8) is 0 Å². The van der Waals surface area contributed by atoms with Gasteiger partial charge in [-0.3, -0.25) is 9.59 Å². The normalized spacial score (nSPS) is 18.1. The molecular weight excluding hydrogens is 218 g/mol. The number of carbonyl (C=O) groups is 2. The Balaban J connectivity index is 2.09. The predicted molar refractivity (Wildman–Crippen MR) is 54.1 cm³/mol. The summed E-state index contributed by atoms with van der Waals surface area (Å²) in [7, 11) is 0. The number of nitriles is 1. The smallest absolute Gasteiger partial charge is 0.225 e. The Morgan fingerprint density at radius 2 is 2.27 bits per heavy atom. The summed E-state index contributed by atoms with van der Waals surface area (Å²) in [6, 6.07) is 1.74. The molecule has 0 spiro atoms. The first kappa shape index (κ1) is 11.8. The first-order chi connectivity index (χ1) is 7.19. The third-order valence-electron chi connectivity index (χ3n) is 2.06. The van der Waals surface area contributed by atoms with E-state index >= 15 is 0 Å². The second-order valence-corrected chi connectivity index (χ2v) is 3.61. The van der Waals surface area contributed by atoms with Gasteiger partial charge in [0.05, 0.1) is 12.6 Å². The molecule has 0 aromatic heterocycles. The first-order valence-corrected chi connectivity index (χ1v) is 5.24. The Bertz CT molecular complexity index is 300. The average Bonchev–Trinajstić information content (AvgIpc) is 2.97. The summed E-state index contributed by atoms with van der Waals surface area (Å²) in [4.78, 5) is 23.7. The van der Waals surface area contributed by atoms with Gasteiger partial charge >= 0.3 is 0 Å². The molecule has 1 atom stereocenters. The van der Waals surface area contributed by atoms with Gasteiger partial charge < -0.3 is 10.2 Å². The van der Waals surface area contributed by atoms with Crippen LogP contribution in [0.2, 0.25) is 0 Å². The van der Waals surface area contributed by atoms with E-state index in [2.05, 4.69) is 5.32 Å². The molecule has 0 aromatic carbocycles. The molecule has 2 amide bonds. The fourth-order valence-electron chi connectivity index (χ4n) is 1.15. The van der Waals surface area contributed by atoms with Gasteiger partial charge in [-0.2, -0.15) is 5.26 Å². The maximum atomic E-state index is 11.3. The molecule has 1 aliphatic heterocycles. The molecule has 1 N–H and O–H groups in total. The fraction of sp³-hybridized carbons (Fsp3) is 0.667. The molecule has 1 heterocycles. The molecule has 82 valence electrons. The van der Waals surface area contributed by atoms with Crippen LogP contribution in [0.4, 0.5) is 0 Å². The summed E-state index contributed by atoms with van der Waals surface area (Å²) in [5.41, 5.74) is 0. The Morgan fingerprint density at radius 3 is 2.80 bits per heavy atom. The van der Waals surface area contributed by atoms with Crippen LogP contribution in [0.15, 0.2) is 0 Å². The molecule has 5 nitrogen and oxygen atoms in total. The standard InChI is InChI=1S/C9H12ClN3O2/c10-3-1-8(14)12-4-2-9(15)13-6-7(13)5-11/h7H,1-4,6H2,(H,12,14). The zero-order chi connectivity index (χ0) is 11.3. The molecule has 15 heavy (non-hydrogen) atoms. The van der Waals surface area contributed by atoms with Gasteiger partial charge in [0.25, 0.3) is 0 Å². The molecule has 0 saturated carbocycles. The minimum Gasteiger partial charge on any atom is -0.356 e. The zero-order valence-electron chi connectivity index (χ0n) is 8.20. The fourth-order valence-corrected chi connectivity index (χ4v) is 1.32. The minimum atomic E-state index is -0.254. The lowest BCUT2D eigenvalue weighted by atomic mass is 10.3. The third-order valence-corrected chi connectivity index (χ3v) is 2.25. The lowest BCUT2D eigenvalue weighted by molar-refractivity contribution is -0.126. The van der Waals surface area contributed by atoms with Crippen LogP contribution in [0.5, 0.6) is 0 Å². The summed E-state index contributed by atoms with van der Waals surface area (Å²) in [5, 5.41) is 11.1. The van der Waals surface area contributed by atoms with Crippen LogP contribution < -0.4 is 5.32 Å².